The van der Waals surface area contributed by atoms with Crippen molar-refractivity contribution < 1.29 is 8.78 Å². The quantitative estimate of drug-likeness (QED) is 0.779. The molecule has 2 N–H and O–H groups in total. The third-order valence-corrected chi connectivity index (χ3v) is 5.00. The SMILES string of the molecule is CCC1CCC(C(N)c2c(F)ccc(Br)c2F)CC1. The number of rotatable bonds is 3. The molecule has 0 heterocycles. The lowest BCUT2D eigenvalue weighted by atomic mass is 9.76. The molecule has 0 bridgehead atoms. The molecule has 1 aromatic carbocycles. The van der Waals surface area contributed by atoms with Crippen LogP contribution in [0.15, 0.2) is 16.6 Å². The Hall–Kier alpha value is -0.480. The van der Waals surface area contributed by atoms with E-state index < -0.39 is 17.7 Å². The summed E-state index contributed by atoms with van der Waals surface area (Å²) in [6.45, 7) is 2.19. The van der Waals surface area contributed by atoms with Crippen molar-refractivity contribution in [1.29, 1.82) is 0 Å². The summed E-state index contributed by atoms with van der Waals surface area (Å²) in [5.41, 5.74) is 6.16. The highest BCUT2D eigenvalue weighted by Gasteiger charge is 2.29. The first kappa shape index (κ1) is 14.9. The summed E-state index contributed by atoms with van der Waals surface area (Å²) in [4.78, 5) is 0. The minimum atomic E-state index is -0.551. The van der Waals surface area contributed by atoms with Crippen LogP contribution in [0.2, 0.25) is 0 Å². The van der Waals surface area contributed by atoms with Crippen LogP contribution in [-0.2, 0) is 0 Å². The van der Waals surface area contributed by atoms with E-state index in [-0.39, 0.29) is 16.0 Å². The van der Waals surface area contributed by atoms with Crippen molar-refractivity contribution in [2.45, 2.75) is 45.1 Å². The molecule has 1 atom stereocenters. The molecular weight excluding hydrogens is 312 g/mol. The van der Waals surface area contributed by atoms with Gasteiger partial charge in [-0.1, -0.05) is 26.2 Å². The second-order valence-electron chi connectivity index (χ2n) is 5.47. The number of nitrogens with two attached hydrogens (primary N) is 1. The molecule has 0 saturated heterocycles. The van der Waals surface area contributed by atoms with E-state index in [4.69, 9.17) is 5.73 Å². The maximum absolute atomic E-state index is 14.0. The van der Waals surface area contributed by atoms with Crippen LogP contribution in [-0.4, -0.2) is 0 Å². The smallest absolute Gasteiger partial charge is 0.145 e. The fourth-order valence-corrected chi connectivity index (χ4v) is 3.39. The minimum Gasteiger partial charge on any atom is -0.324 e. The van der Waals surface area contributed by atoms with Crippen molar-refractivity contribution >= 4 is 15.9 Å². The summed E-state index contributed by atoms with van der Waals surface area (Å²) in [5.74, 6) is -0.155. The lowest BCUT2D eigenvalue weighted by Crippen LogP contribution is -2.27. The zero-order valence-electron chi connectivity index (χ0n) is 11.1. The van der Waals surface area contributed by atoms with E-state index in [1.807, 2.05) is 0 Å². The van der Waals surface area contributed by atoms with E-state index in [2.05, 4.69) is 22.9 Å². The molecule has 19 heavy (non-hydrogen) atoms. The van der Waals surface area contributed by atoms with Crippen molar-refractivity contribution in [2.75, 3.05) is 0 Å². The van der Waals surface area contributed by atoms with Crippen molar-refractivity contribution in [2.24, 2.45) is 17.6 Å². The molecule has 1 aliphatic carbocycles. The Kier molecular flexibility index (Phi) is 4.96. The summed E-state index contributed by atoms with van der Waals surface area (Å²) in [6.07, 6.45) is 5.34. The van der Waals surface area contributed by atoms with Crippen molar-refractivity contribution in [3.63, 3.8) is 0 Å². The minimum absolute atomic E-state index is 0.0364. The second-order valence-corrected chi connectivity index (χ2v) is 6.33. The van der Waals surface area contributed by atoms with Gasteiger partial charge in [0.2, 0.25) is 0 Å². The van der Waals surface area contributed by atoms with Gasteiger partial charge in [-0.2, -0.15) is 0 Å². The molecule has 0 aliphatic heterocycles. The number of halogens is 3. The third kappa shape index (κ3) is 3.16. The summed E-state index contributed by atoms with van der Waals surface area (Å²) in [7, 11) is 0. The van der Waals surface area contributed by atoms with Crippen LogP contribution in [0.3, 0.4) is 0 Å². The average molecular weight is 332 g/mol. The maximum atomic E-state index is 14.0. The number of hydrogen-bond donors (Lipinski definition) is 1. The van der Waals surface area contributed by atoms with Gasteiger partial charge in [0.1, 0.15) is 11.6 Å². The largest absolute Gasteiger partial charge is 0.324 e. The standard InChI is InChI=1S/C15H20BrF2N/c1-2-9-3-5-10(6-4-9)15(19)13-12(17)8-7-11(16)14(13)18/h7-10,15H,2-6,19H2,1H3. The highest BCUT2D eigenvalue weighted by Crippen LogP contribution is 2.39. The first-order chi connectivity index (χ1) is 9.04. The second kappa shape index (κ2) is 6.31. The molecule has 0 amide bonds. The number of hydrogen-bond acceptors (Lipinski definition) is 1. The molecule has 0 spiro atoms. The molecule has 4 heteroatoms. The Labute approximate surface area is 121 Å². The first-order valence-electron chi connectivity index (χ1n) is 6.93. The predicted molar refractivity (Wildman–Crippen MR) is 76.7 cm³/mol. The van der Waals surface area contributed by atoms with E-state index in [0.717, 1.165) is 31.6 Å². The first-order valence-corrected chi connectivity index (χ1v) is 7.72. The van der Waals surface area contributed by atoms with Gasteiger partial charge >= 0.3 is 0 Å². The fraction of sp³-hybridized carbons (Fsp3) is 0.600. The number of benzene rings is 1. The van der Waals surface area contributed by atoms with Gasteiger partial charge in [-0.05, 0) is 52.7 Å². The molecule has 1 saturated carbocycles. The molecule has 1 nitrogen and oxygen atoms in total. The van der Waals surface area contributed by atoms with Crippen LogP contribution in [0.1, 0.15) is 50.6 Å². The topological polar surface area (TPSA) is 26.0 Å². The molecule has 1 fully saturated rings. The fourth-order valence-electron chi connectivity index (χ4n) is 3.04. The summed E-state index contributed by atoms with van der Waals surface area (Å²) in [5, 5.41) is 0. The lowest BCUT2D eigenvalue weighted by Gasteiger charge is -2.32. The van der Waals surface area contributed by atoms with Gasteiger partial charge in [-0.15, -0.1) is 0 Å². The summed E-state index contributed by atoms with van der Waals surface area (Å²) in [6, 6.07) is 2.12. The van der Waals surface area contributed by atoms with Gasteiger partial charge in [-0.25, -0.2) is 8.78 Å². The Bertz CT molecular complexity index is 442. The van der Waals surface area contributed by atoms with Crippen LogP contribution < -0.4 is 5.73 Å². The normalized spacial score (nSPS) is 25.3. The van der Waals surface area contributed by atoms with Crippen LogP contribution in [0, 0.1) is 23.5 Å². The molecule has 1 unspecified atom stereocenters. The van der Waals surface area contributed by atoms with Gasteiger partial charge in [0.15, 0.2) is 0 Å². The molecule has 106 valence electrons. The van der Waals surface area contributed by atoms with Crippen molar-refractivity contribution in [1.82, 2.24) is 0 Å². The third-order valence-electron chi connectivity index (χ3n) is 4.39. The molecule has 0 aromatic heterocycles. The Morgan fingerprint density at radius 2 is 1.89 bits per heavy atom. The van der Waals surface area contributed by atoms with Gasteiger partial charge < -0.3 is 5.73 Å². The van der Waals surface area contributed by atoms with Crippen LogP contribution in [0.5, 0.6) is 0 Å². The van der Waals surface area contributed by atoms with E-state index in [1.165, 1.54) is 18.6 Å². The average Bonchev–Trinajstić information content (AvgIpc) is 2.43. The molecule has 1 aromatic rings. The summed E-state index contributed by atoms with van der Waals surface area (Å²) >= 11 is 3.10. The Morgan fingerprint density at radius 1 is 1.26 bits per heavy atom. The molecular formula is C15H20BrF2N. The van der Waals surface area contributed by atoms with Crippen molar-refractivity contribution in [3.8, 4) is 0 Å². The Balaban J connectivity index is 2.16. The van der Waals surface area contributed by atoms with Gasteiger partial charge in [-0.3, -0.25) is 0 Å². The van der Waals surface area contributed by atoms with E-state index in [1.54, 1.807) is 0 Å². The summed E-state index contributed by atoms with van der Waals surface area (Å²) < 4.78 is 28.2. The van der Waals surface area contributed by atoms with E-state index in [0.29, 0.717) is 0 Å². The van der Waals surface area contributed by atoms with E-state index in [9.17, 15) is 8.78 Å². The zero-order chi connectivity index (χ0) is 14.0. The predicted octanol–water partition coefficient (Wildman–Crippen LogP) is 4.94. The lowest BCUT2D eigenvalue weighted by molar-refractivity contribution is 0.235. The van der Waals surface area contributed by atoms with Crippen LogP contribution >= 0.6 is 15.9 Å². The maximum Gasteiger partial charge on any atom is 0.145 e. The zero-order valence-corrected chi connectivity index (χ0v) is 12.7. The monoisotopic (exact) mass is 331 g/mol. The van der Waals surface area contributed by atoms with Gasteiger partial charge in [0, 0.05) is 11.6 Å². The molecule has 2 rings (SSSR count). The molecule has 1 aliphatic rings. The van der Waals surface area contributed by atoms with Gasteiger partial charge in [0.25, 0.3) is 0 Å². The Morgan fingerprint density at radius 3 is 2.47 bits per heavy atom. The van der Waals surface area contributed by atoms with E-state index >= 15 is 0 Å². The van der Waals surface area contributed by atoms with Crippen LogP contribution in [0.25, 0.3) is 0 Å². The van der Waals surface area contributed by atoms with Crippen molar-refractivity contribution in [3.05, 3.63) is 33.8 Å². The highest BCUT2D eigenvalue weighted by atomic mass is 79.9. The van der Waals surface area contributed by atoms with Gasteiger partial charge in [0.05, 0.1) is 4.47 Å². The van der Waals surface area contributed by atoms with Crippen LogP contribution in [0.4, 0.5) is 8.78 Å². The highest BCUT2D eigenvalue weighted by molar-refractivity contribution is 9.10. The molecule has 0 radical (unpaired) electrons.